The van der Waals surface area contributed by atoms with E-state index in [-0.39, 0.29) is 11.1 Å². The molecule has 1 aromatic carbocycles. The second-order valence-electron chi connectivity index (χ2n) is 3.04. The first kappa shape index (κ1) is 11.6. The molecule has 1 aromatic heterocycles. The van der Waals surface area contributed by atoms with E-state index in [9.17, 15) is 8.78 Å². The Morgan fingerprint density at radius 1 is 1.20 bits per heavy atom. The summed E-state index contributed by atoms with van der Waals surface area (Å²) in [6, 6.07) is 1.54. The van der Waals surface area contributed by atoms with E-state index in [1.807, 2.05) is 13.8 Å². The van der Waals surface area contributed by atoms with Crippen LogP contribution in [-0.4, -0.2) is 9.55 Å². The molecule has 0 aliphatic heterocycles. The van der Waals surface area contributed by atoms with Crippen molar-refractivity contribution in [3.8, 4) is 0 Å². The van der Waals surface area contributed by atoms with Gasteiger partial charge in [0.05, 0.1) is 11.8 Å². The predicted octanol–water partition coefficient (Wildman–Crippen LogP) is 3.19. The maximum absolute atomic E-state index is 13.3. The van der Waals surface area contributed by atoms with Crippen molar-refractivity contribution in [3.63, 3.8) is 0 Å². The van der Waals surface area contributed by atoms with Gasteiger partial charge in [0.1, 0.15) is 5.52 Å². The second-order valence-corrected chi connectivity index (χ2v) is 3.04. The smallest absolute Gasteiger partial charge is 0.184 e. The molecule has 0 aliphatic carbocycles. The average molecular weight is 212 g/mol. The van der Waals surface area contributed by atoms with E-state index in [2.05, 4.69) is 4.98 Å². The maximum Gasteiger partial charge on any atom is 0.184 e. The van der Waals surface area contributed by atoms with Crippen LogP contribution in [0.1, 0.15) is 19.4 Å². The topological polar surface area (TPSA) is 17.8 Å². The number of fused-ring (bicyclic) bond motifs is 1. The molecule has 2 nitrogen and oxygen atoms in total. The highest BCUT2D eigenvalue weighted by Crippen LogP contribution is 2.21. The fourth-order valence-electron chi connectivity index (χ4n) is 1.37. The lowest BCUT2D eigenvalue weighted by Gasteiger charge is -2.00. The lowest BCUT2D eigenvalue weighted by atomic mass is 10.2. The van der Waals surface area contributed by atoms with Gasteiger partial charge in [0, 0.05) is 7.05 Å². The molecule has 2 rings (SSSR count). The Morgan fingerprint density at radius 2 is 1.80 bits per heavy atom. The molecule has 0 radical (unpaired) electrons. The highest BCUT2D eigenvalue weighted by molar-refractivity contribution is 5.76. The molecule has 0 unspecified atom stereocenters. The van der Waals surface area contributed by atoms with Gasteiger partial charge in [-0.15, -0.1) is 0 Å². The summed E-state index contributed by atoms with van der Waals surface area (Å²) < 4.78 is 27.9. The summed E-state index contributed by atoms with van der Waals surface area (Å²) in [7, 11) is 1.63. The molecule has 4 heteroatoms. The monoisotopic (exact) mass is 212 g/mol. The van der Waals surface area contributed by atoms with Crippen LogP contribution in [0, 0.1) is 18.6 Å². The molecule has 82 valence electrons. The molecule has 1 heterocycles. The van der Waals surface area contributed by atoms with E-state index in [0.29, 0.717) is 5.52 Å². The molecule has 0 atom stereocenters. The summed E-state index contributed by atoms with van der Waals surface area (Å²) >= 11 is 0. The highest BCUT2D eigenvalue weighted by atomic mass is 19.2. The van der Waals surface area contributed by atoms with Gasteiger partial charge >= 0.3 is 0 Å². The van der Waals surface area contributed by atoms with Gasteiger partial charge in [-0.25, -0.2) is 13.8 Å². The average Bonchev–Trinajstić information content (AvgIpc) is 2.60. The zero-order chi connectivity index (χ0) is 11.6. The minimum absolute atomic E-state index is 0.211. The number of benzene rings is 1. The van der Waals surface area contributed by atoms with E-state index in [1.165, 1.54) is 23.9 Å². The van der Waals surface area contributed by atoms with E-state index in [0.717, 1.165) is 0 Å². The van der Waals surface area contributed by atoms with E-state index in [1.54, 1.807) is 7.05 Å². The third-order valence-corrected chi connectivity index (χ3v) is 2.07. The number of nitrogens with zero attached hydrogens (tertiary/aromatic N) is 2. The maximum atomic E-state index is 13.3. The van der Waals surface area contributed by atoms with Crippen molar-refractivity contribution in [1.29, 1.82) is 0 Å². The van der Waals surface area contributed by atoms with Crippen LogP contribution in [-0.2, 0) is 7.05 Å². The molecule has 0 amide bonds. The minimum atomic E-state index is -0.824. The predicted molar refractivity (Wildman–Crippen MR) is 56.7 cm³/mol. The zero-order valence-corrected chi connectivity index (χ0v) is 9.31. The molecule has 0 bridgehead atoms. The molecule has 0 aliphatic rings. The van der Waals surface area contributed by atoms with E-state index in [4.69, 9.17) is 0 Å². The number of aromatic nitrogens is 2. The van der Waals surface area contributed by atoms with Crippen LogP contribution >= 0.6 is 0 Å². The van der Waals surface area contributed by atoms with Gasteiger partial charge in [-0.05, 0) is 18.6 Å². The van der Waals surface area contributed by atoms with Crippen LogP contribution < -0.4 is 0 Å². The Balaban J connectivity index is 0.000000531. The Kier molecular flexibility index (Phi) is 3.39. The molecular weight excluding hydrogens is 198 g/mol. The van der Waals surface area contributed by atoms with Crippen molar-refractivity contribution in [1.82, 2.24) is 9.55 Å². The van der Waals surface area contributed by atoms with E-state index < -0.39 is 11.6 Å². The second kappa shape index (κ2) is 4.38. The van der Waals surface area contributed by atoms with Gasteiger partial charge in [-0.2, -0.15) is 0 Å². The first-order valence-corrected chi connectivity index (χ1v) is 4.87. The van der Waals surface area contributed by atoms with Crippen molar-refractivity contribution in [3.05, 3.63) is 29.6 Å². The van der Waals surface area contributed by atoms with Crippen molar-refractivity contribution >= 4 is 11.0 Å². The van der Waals surface area contributed by atoms with Crippen molar-refractivity contribution in [2.45, 2.75) is 20.8 Å². The summed E-state index contributed by atoms with van der Waals surface area (Å²) in [4.78, 5) is 3.94. The first-order chi connectivity index (χ1) is 7.11. The number of hydrogen-bond acceptors (Lipinski definition) is 1. The largest absolute Gasteiger partial charge is 0.331 e. The summed E-state index contributed by atoms with van der Waals surface area (Å²) in [5.41, 5.74) is 0.978. The Hall–Kier alpha value is -1.45. The SMILES string of the molecule is CC.Cc1cc2ncn(C)c2c(F)c1F. The van der Waals surface area contributed by atoms with Gasteiger partial charge in [0.2, 0.25) is 0 Å². The fraction of sp³-hybridized carbons (Fsp3) is 0.364. The zero-order valence-electron chi connectivity index (χ0n) is 9.31. The normalized spacial score (nSPS) is 10.0. The lowest BCUT2D eigenvalue weighted by molar-refractivity contribution is 0.508. The number of hydrogen-bond donors (Lipinski definition) is 0. The molecular formula is C11H14F2N2. The highest BCUT2D eigenvalue weighted by Gasteiger charge is 2.13. The van der Waals surface area contributed by atoms with Crippen LogP contribution in [0.3, 0.4) is 0 Å². The molecule has 15 heavy (non-hydrogen) atoms. The fourth-order valence-corrected chi connectivity index (χ4v) is 1.37. The van der Waals surface area contributed by atoms with Crippen LogP contribution in [0.5, 0.6) is 0 Å². The van der Waals surface area contributed by atoms with Crippen LogP contribution in [0.15, 0.2) is 12.4 Å². The first-order valence-electron chi connectivity index (χ1n) is 4.87. The Morgan fingerprint density at radius 3 is 2.40 bits per heavy atom. The van der Waals surface area contributed by atoms with Gasteiger partial charge < -0.3 is 4.57 Å². The third-order valence-electron chi connectivity index (χ3n) is 2.07. The van der Waals surface area contributed by atoms with Gasteiger partial charge in [0.15, 0.2) is 11.6 Å². The molecule has 0 spiro atoms. The third kappa shape index (κ3) is 1.84. The summed E-state index contributed by atoms with van der Waals surface area (Å²) in [6.07, 6.45) is 1.46. The van der Waals surface area contributed by atoms with Crippen molar-refractivity contribution in [2.24, 2.45) is 7.05 Å². The Labute approximate surface area is 87.5 Å². The minimum Gasteiger partial charge on any atom is -0.331 e. The number of imidazole rings is 1. The lowest BCUT2D eigenvalue weighted by Crippen LogP contribution is -1.94. The van der Waals surface area contributed by atoms with Crippen LogP contribution in [0.25, 0.3) is 11.0 Å². The van der Waals surface area contributed by atoms with Crippen LogP contribution in [0.4, 0.5) is 8.78 Å². The molecule has 2 aromatic rings. The number of rotatable bonds is 0. The van der Waals surface area contributed by atoms with Gasteiger partial charge in [0.25, 0.3) is 0 Å². The summed E-state index contributed by atoms with van der Waals surface area (Å²) in [5, 5.41) is 0. The van der Waals surface area contributed by atoms with E-state index >= 15 is 0 Å². The Bertz CT molecular complexity index is 475. The number of aryl methyl sites for hydroxylation is 2. The molecule has 0 saturated heterocycles. The molecule has 0 N–H and O–H groups in total. The molecule has 0 fully saturated rings. The van der Waals surface area contributed by atoms with Crippen molar-refractivity contribution < 1.29 is 8.78 Å². The van der Waals surface area contributed by atoms with Gasteiger partial charge in [-0.3, -0.25) is 0 Å². The standard InChI is InChI=1S/C9H8F2N2.C2H6/c1-5-3-6-9(8(11)7(5)10)13(2)4-12-6;1-2/h3-4H,1-2H3;1-2H3. The van der Waals surface area contributed by atoms with Gasteiger partial charge in [-0.1, -0.05) is 13.8 Å². The number of halogens is 2. The summed E-state index contributed by atoms with van der Waals surface area (Å²) in [6.45, 7) is 5.52. The van der Waals surface area contributed by atoms with Crippen LogP contribution in [0.2, 0.25) is 0 Å². The van der Waals surface area contributed by atoms with Crippen molar-refractivity contribution in [2.75, 3.05) is 0 Å². The quantitative estimate of drug-likeness (QED) is 0.655. The summed E-state index contributed by atoms with van der Waals surface area (Å²) in [5.74, 6) is -1.62. The molecule has 0 saturated carbocycles.